The molecule has 0 saturated heterocycles. The lowest BCUT2D eigenvalue weighted by molar-refractivity contribution is -0.384. The van der Waals surface area contributed by atoms with Gasteiger partial charge in [-0.25, -0.2) is 4.98 Å². The summed E-state index contributed by atoms with van der Waals surface area (Å²) in [5.41, 5.74) is 1.63. The van der Waals surface area contributed by atoms with Crippen LogP contribution in [0.15, 0.2) is 47.9 Å². The Labute approximate surface area is 179 Å². The van der Waals surface area contributed by atoms with Crippen molar-refractivity contribution < 1.29 is 14.5 Å². The Kier molecular flexibility index (Phi) is 5.68. The third-order valence-corrected chi connectivity index (χ3v) is 6.40. The first kappa shape index (κ1) is 19.9. The Balaban J connectivity index is 1.38. The molecule has 2 amide bonds. The molecule has 0 aliphatic carbocycles. The van der Waals surface area contributed by atoms with Crippen molar-refractivity contribution in [3.05, 3.63) is 79.0 Å². The standard InChI is InChI=1S/C20H16N4O4S2/c25-18(8-5-13-3-6-14(7-4-13)24(27)28)23-10-9-15-17(12-23)30-20(21-15)22-19(26)16-2-1-11-29-16/h1-8,11H,9-10,12H2,(H,21,22,26)/b8-5+. The molecule has 0 radical (unpaired) electrons. The Morgan fingerprint density at radius 2 is 2.03 bits per heavy atom. The molecule has 30 heavy (non-hydrogen) atoms. The van der Waals surface area contributed by atoms with Crippen molar-refractivity contribution in [2.24, 2.45) is 0 Å². The number of nitro benzene ring substituents is 1. The molecule has 0 saturated carbocycles. The predicted octanol–water partition coefficient (Wildman–Crippen LogP) is 3.96. The highest BCUT2D eigenvalue weighted by atomic mass is 32.1. The van der Waals surface area contributed by atoms with Gasteiger partial charge in [-0.2, -0.15) is 0 Å². The van der Waals surface area contributed by atoms with E-state index >= 15 is 0 Å². The van der Waals surface area contributed by atoms with Gasteiger partial charge in [0.05, 0.1) is 22.0 Å². The Bertz CT molecular complexity index is 1120. The maximum atomic E-state index is 12.5. The first-order chi connectivity index (χ1) is 14.5. The molecule has 0 bridgehead atoms. The molecular weight excluding hydrogens is 424 g/mol. The van der Waals surface area contributed by atoms with E-state index < -0.39 is 4.92 Å². The highest BCUT2D eigenvalue weighted by Gasteiger charge is 2.23. The molecule has 8 nitrogen and oxygen atoms in total. The van der Waals surface area contributed by atoms with Crippen LogP contribution < -0.4 is 5.32 Å². The topological polar surface area (TPSA) is 105 Å². The van der Waals surface area contributed by atoms with Crippen molar-refractivity contribution in [3.63, 3.8) is 0 Å². The van der Waals surface area contributed by atoms with Crippen molar-refractivity contribution >= 4 is 51.4 Å². The molecule has 0 spiro atoms. The summed E-state index contributed by atoms with van der Waals surface area (Å²) in [6.07, 6.45) is 3.73. The van der Waals surface area contributed by atoms with Crippen molar-refractivity contribution in [1.82, 2.24) is 9.88 Å². The monoisotopic (exact) mass is 440 g/mol. The summed E-state index contributed by atoms with van der Waals surface area (Å²) in [4.78, 5) is 42.8. The number of aromatic nitrogens is 1. The first-order valence-electron chi connectivity index (χ1n) is 9.04. The van der Waals surface area contributed by atoms with E-state index in [4.69, 9.17) is 0 Å². The summed E-state index contributed by atoms with van der Waals surface area (Å²) < 4.78 is 0. The average molecular weight is 441 g/mol. The van der Waals surface area contributed by atoms with Crippen LogP contribution in [0.3, 0.4) is 0 Å². The maximum absolute atomic E-state index is 12.5. The lowest BCUT2D eigenvalue weighted by Gasteiger charge is -2.24. The number of nitrogens with one attached hydrogen (secondary N) is 1. The van der Waals surface area contributed by atoms with Gasteiger partial charge < -0.3 is 4.90 Å². The SMILES string of the molecule is O=C(Nc1nc2c(s1)CN(C(=O)/C=C/c1ccc([N+](=O)[O-])cc1)CC2)c1cccs1. The van der Waals surface area contributed by atoms with Gasteiger partial charge in [0, 0.05) is 36.1 Å². The zero-order valence-electron chi connectivity index (χ0n) is 15.6. The summed E-state index contributed by atoms with van der Waals surface area (Å²) in [5.74, 6) is -0.327. The van der Waals surface area contributed by atoms with Crippen LogP contribution in [0, 0.1) is 10.1 Å². The lowest BCUT2D eigenvalue weighted by Crippen LogP contribution is -2.34. The van der Waals surface area contributed by atoms with Crippen LogP contribution in [0.4, 0.5) is 10.8 Å². The van der Waals surface area contributed by atoms with E-state index in [2.05, 4.69) is 10.3 Å². The van der Waals surface area contributed by atoms with Gasteiger partial charge in [0.25, 0.3) is 11.6 Å². The number of rotatable bonds is 5. The number of anilines is 1. The predicted molar refractivity (Wildman–Crippen MR) is 116 cm³/mol. The molecule has 0 atom stereocenters. The Morgan fingerprint density at radius 3 is 2.73 bits per heavy atom. The van der Waals surface area contributed by atoms with E-state index in [0.717, 1.165) is 10.6 Å². The number of carbonyl (C=O) groups excluding carboxylic acids is 2. The van der Waals surface area contributed by atoms with Crippen LogP contribution in [0.1, 0.15) is 25.8 Å². The number of thiophene rings is 1. The van der Waals surface area contributed by atoms with Crippen LogP contribution in [-0.2, 0) is 17.8 Å². The Hall–Kier alpha value is -3.37. The zero-order chi connectivity index (χ0) is 21.1. The first-order valence-corrected chi connectivity index (χ1v) is 10.7. The second kappa shape index (κ2) is 8.56. The number of amides is 2. The van der Waals surface area contributed by atoms with Crippen LogP contribution >= 0.6 is 22.7 Å². The largest absolute Gasteiger partial charge is 0.334 e. The number of fused-ring (bicyclic) bond motifs is 1. The normalized spacial score (nSPS) is 13.3. The van der Waals surface area contributed by atoms with E-state index in [9.17, 15) is 19.7 Å². The summed E-state index contributed by atoms with van der Waals surface area (Å²) in [6, 6.07) is 9.58. The summed E-state index contributed by atoms with van der Waals surface area (Å²) in [7, 11) is 0. The lowest BCUT2D eigenvalue weighted by atomic mass is 10.1. The van der Waals surface area contributed by atoms with Crippen molar-refractivity contribution in [2.75, 3.05) is 11.9 Å². The van der Waals surface area contributed by atoms with E-state index in [1.165, 1.54) is 40.9 Å². The van der Waals surface area contributed by atoms with E-state index in [-0.39, 0.29) is 17.5 Å². The fraction of sp³-hybridized carbons (Fsp3) is 0.150. The van der Waals surface area contributed by atoms with Gasteiger partial charge in [0.1, 0.15) is 0 Å². The highest BCUT2D eigenvalue weighted by Crippen LogP contribution is 2.29. The number of nitrogens with zero attached hydrogens (tertiary/aromatic N) is 3. The van der Waals surface area contributed by atoms with Crippen LogP contribution in [0.25, 0.3) is 6.08 Å². The molecule has 3 aromatic rings. The van der Waals surface area contributed by atoms with Gasteiger partial charge in [-0.05, 0) is 35.2 Å². The van der Waals surface area contributed by atoms with Gasteiger partial charge in [-0.15, -0.1) is 11.3 Å². The van der Waals surface area contributed by atoms with Gasteiger partial charge in [-0.1, -0.05) is 17.4 Å². The third kappa shape index (κ3) is 4.44. The molecular formula is C20H16N4O4S2. The fourth-order valence-electron chi connectivity index (χ4n) is 2.98. The van der Waals surface area contributed by atoms with Crippen molar-refractivity contribution in [2.45, 2.75) is 13.0 Å². The molecule has 3 heterocycles. The molecule has 0 unspecified atom stereocenters. The Morgan fingerprint density at radius 1 is 1.23 bits per heavy atom. The number of hydrogen-bond acceptors (Lipinski definition) is 7. The molecule has 10 heteroatoms. The number of non-ortho nitro benzene ring substituents is 1. The summed E-state index contributed by atoms with van der Waals surface area (Å²) in [6.45, 7) is 0.976. The minimum absolute atomic E-state index is 0.00852. The molecule has 0 fully saturated rings. The van der Waals surface area contributed by atoms with Gasteiger partial charge in [0.15, 0.2) is 5.13 Å². The number of nitro groups is 1. The fourth-order valence-corrected chi connectivity index (χ4v) is 4.62. The van der Waals surface area contributed by atoms with Crippen molar-refractivity contribution in [1.29, 1.82) is 0 Å². The van der Waals surface area contributed by atoms with Crippen LogP contribution in [0.2, 0.25) is 0 Å². The minimum atomic E-state index is -0.462. The number of hydrogen-bond donors (Lipinski definition) is 1. The average Bonchev–Trinajstić information content (AvgIpc) is 3.41. The number of thiazole rings is 1. The molecule has 4 rings (SSSR count). The van der Waals surface area contributed by atoms with Gasteiger partial charge in [-0.3, -0.25) is 25.0 Å². The zero-order valence-corrected chi connectivity index (χ0v) is 17.2. The minimum Gasteiger partial charge on any atom is -0.334 e. The molecule has 1 aliphatic rings. The van der Waals surface area contributed by atoms with Crippen molar-refractivity contribution in [3.8, 4) is 0 Å². The third-order valence-electron chi connectivity index (χ3n) is 4.53. The molecule has 1 aliphatic heterocycles. The van der Waals surface area contributed by atoms with Crippen LogP contribution in [0.5, 0.6) is 0 Å². The molecule has 2 aromatic heterocycles. The molecule has 1 N–H and O–H groups in total. The van der Waals surface area contributed by atoms with Crippen LogP contribution in [-0.4, -0.2) is 33.2 Å². The number of carbonyl (C=O) groups is 2. The van der Waals surface area contributed by atoms with E-state index in [1.54, 1.807) is 29.2 Å². The summed E-state index contributed by atoms with van der Waals surface area (Å²) in [5, 5.41) is 15.9. The second-order valence-corrected chi connectivity index (χ2v) is 8.54. The summed E-state index contributed by atoms with van der Waals surface area (Å²) >= 11 is 2.75. The van der Waals surface area contributed by atoms with E-state index in [0.29, 0.717) is 35.1 Å². The molecule has 152 valence electrons. The smallest absolute Gasteiger partial charge is 0.269 e. The molecule has 1 aromatic carbocycles. The second-order valence-electron chi connectivity index (χ2n) is 6.51. The van der Waals surface area contributed by atoms with E-state index in [1.807, 2.05) is 11.4 Å². The van der Waals surface area contributed by atoms with Gasteiger partial charge in [0.2, 0.25) is 5.91 Å². The number of benzene rings is 1. The quantitative estimate of drug-likeness (QED) is 0.367. The maximum Gasteiger partial charge on any atom is 0.269 e. The van der Waals surface area contributed by atoms with Gasteiger partial charge >= 0.3 is 0 Å². The highest BCUT2D eigenvalue weighted by molar-refractivity contribution is 7.16.